The molecule has 0 aromatic heterocycles. The molecule has 0 saturated carbocycles. The molecule has 0 aliphatic rings. The molecule has 0 aliphatic carbocycles. The van der Waals surface area contributed by atoms with E-state index in [1.807, 2.05) is 0 Å². The van der Waals surface area contributed by atoms with Gasteiger partial charge in [0.25, 0.3) is 0 Å². The van der Waals surface area contributed by atoms with Crippen LogP contribution in [0.3, 0.4) is 0 Å². The Morgan fingerprint density at radius 1 is 0.333 bits per heavy atom. The molecular formula is C42H22F12. The van der Waals surface area contributed by atoms with E-state index in [9.17, 15) is 52.7 Å². The molecule has 274 valence electrons. The maximum atomic E-state index is 13.8. The van der Waals surface area contributed by atoms with E-state index >= 15 is 0 Å². The fourth-order valence-electron chi connectivity index (χ4n) is 5.01. The Hall–Kier alpha value is -6.14. The minimum atomic E-state index is -4.75. The first kappa shape index (κ1) is 39.1. The number of rotatable bonds is 4. The molecule has 0 bridgehead atoms. The maximum absolute atomic E-state index is 13.8. The first-order valence-electron chi connectivity index (χ1n) is 15.5. The lowest BCUT2D eigenvalue weighted by molar-refractivity contribution is -0.138. The van der Waals surface area contributed by atoms with E-state index < -0.39 is 47.0 Å². The van der Waals surface area contributed by atoms with Crippen LogP contribution in [-0.4, -0.2) is 0 Å². The van der Waals surface area contributed by atoms with Gasteiger partial charge in [-0.2, -0.15) is 52.7 Å². The molecule has 12 heteroatoms. The molecule has 54 heavy (non-hydrogen) atoms. The Labute approximate surface area is 301 Å². The van der Waals surface area contributed by atoms with Crippen molar-refractivity contribution in [1.82, 2.24) is 0 Å². The zero-order valence-corrected chi connectivity index (χ0v) is 27.2. The smallest absolute Gasteiger partial charge is 0.166 e. The van der Waals surface area contributed by atoms with Gasteiger partial charge in [-0.05, 0) is 82.9 Å². The van der Waals surface area contributed by atoms with Crippen LogP contribution in [-0.2, 0) is 24.7 Å². The highest BCUT2D eigenvalue weighted by atomic mass is 19.4. The van der Waals surface area contributed by atoms with Crippen molar-refractivity contribution < 1.29 is 52.7 Å². The van der Waals surface area contributed by atoms with Gasteiger partial charge in [-0.1, -0.05) is 96.5 Å². The minimum absolute atomic E-state index is 0.0865. The van der Waals surface area contributed by atoms with Gasteiger partial charge in [-0.25, -0.2) is 0 Å². The van der Waals surface area contributed by atoms with E-state index in [1.54, 1.807) is 0 Å². The van der Waals surface area contributed by atoms with Crippen LogP contribution in [0.1, 0.15) is 66.8 Å². The van der Waals surface area contributed by atoms with Crippen LogP contribution in [0.5, 0.6) is 0 Å². The first-order valence-corrected chi connectivity index (χ1v) is 15.5. The van der Waals surface area contributed by atoms with E-state index in [0.29, 0.717) is 11.1 Å². The Morgan fingerprint density at radius 3 is 0.963 bits per heavy atom. The SMILES string of the molecule is FC(F)(F)c1ccc(/C=C/c2cc(C#Cc3ccccc3C(F)(F)F)c(/C=C/c3ccc(C(F)(F)F)cc3)cc2C#Cc2ccccc2C(F)(F)F)cc1. The molecule has 0 atom stereocenters. The summed E-state index contributed by atoms with van der Waals surface area (Å²) >= 11 is 0. The highest BCUT2D eigenvalue weighted by molar-refractivity contribution is 5.80. The molecular weight excluding hydrogens is 732 g/mol. The third-order valence-corrected chi connectivity index (χ3v) is 7.74. The second-order valence-corrected chi connectivity index (χ2v) is 11.5. The van der Waals surface area contributed by atoms with E-state index in [1.165, 1.54) is 85.0 Å². The van der Waals surface area contributed by atoms with Gasteiger partial charge in [0.05, 0.1) is 22.3 Å². The van der Waals surface area contributed by atoms with Crippen molar-refractivity contribution in [2.45, 2.75) is 24.7 Å². The number of alkyl halides is 12. The molecule has 0 spiro atoms. The normalized spacial score (nSPS) is 12.4. The fourth-order valence-corrected chi connectivity index (χ4v) is 5.01. The second kappa shape index (κ2) is 15.5. The second-order valence-electron chi connectivity index (χ2n) is 11.5. The van der Waals surface area contributed by atoms with E-state index in [4.69, 9.17) is 0 Å². The molecule has 5 rings (SSSR count). The third-order valence-electron chi connectivity index (χ3n) is 7.74. The van der Waals surface area contributed by atoms with Crippen LogP contribution in [0.2, 0.25) is 0 Å². The lowest BCUT2D eigenvalue weighted by Gasteiger charge is -2.10. The fraction of sp³-hybridized carbons (Fsp3) is 0.0952. The van der Waals surface area contributed by atoms with Crippen molar-refractivity contribution in [2.24, 2.45) is 0 Å². The van der Waals surface area contributed by atoms with Gasteiger partial charge in [0.15, 0.2) is 0 Å². The first-order chi connectivity index (χ1) is 25.3. The monoisotopic (exact) mass is 754 g/mol. The molecule has 0 radical (unpaired) electrons. The quantitative estimate of drug-likeness (QED) is 0.0974. The largest absolute Gasteiger partial charge is 0.417 e. The van der Waals surface area contributed by atoms with Crippen LogP contribution in [0.25, 0.3) is 24.3 Å². The molecule has 0 nitrogen and oxygen atoms in total. The van der Waals surface area contributed by atoms with Crippen molar-refractivity contribution >= 4 is 24.3 Å². The summed E-state index contributed by atoms with van der Waals surface area (Å²) < 4.78 is 161. The van der Waals surface area contributed by atoms with Gasteiger partial charge >= 0.3 is 24.7 Å². The van der Waals surface area contributed by atoms with Crippen LogP contribution in [0.15, 0.2) is 109 Å². The van der Waals surface area contributed by atoms with Gasteiger partial charge in [0.2, 0.25) is 0 Å². The molecule has 0 saturated heterocycles. The minimum Gasteiger partial charge on any atom is -0.166 e. The number of hydrogen-bond donors (Lipinski definition) is 0. The Bertz CT molecular complexity index is 2140. The van der Waals surface area contributed by atoms with Gasteiger partial charge in [-0.15, -0.1) is 0 Å². The highest BCUT2D eigenvalue weighted by Gasteiger charge is 2.34. The highest BCUT2D eigenvalue weighted by Crippen LogP contribution is 2.34. The summed E-state index contributed by atoms with van der Waals surface area (Å²) in [6.45, 7) is 0. The average molecular weight is 755 g/mol. The van der Waals surface area contributed by atoms with E-state index in [-0.39, 0.29) is 33.4 Å². The predicted octanol–water partition coefficient (Wildman–Crippen LogP) is 12.9. The van der Waals surface area contributed by atoms with Crippen molar-refractivity contribution in [3.05, 3.63) is 176 Å². The van der Waals surface area contributed by atoms with Crippen LogP contribution in [0.4, 0.5) is 52.7 Å². The molecule has 5 aromatic carbocycles. The summed E-state index contributed by atoms with van der Waals surface area (Å²) in [6, 6.07) is 19.9. The third kappa shape index (κ3) is 10.0. The molecule has 0 amide bonds. The molecule has 0 aliphatic heterocycles. The zero-order valence-electron chi connectivity index (χ0n) is 27.2. The summed E-state index contributed by atoms with van der Waals surface area (Å²) in [5, 5.41) is 0. The van der Waals surface area contributed by atoms with E-state index in [0.717, 1.165) is 48.5 Å². The number of hydrogen-bond acceptors (Lipinski definition) is 0. The summed E-state index contributed by atoms with van der Waals surface area (Å²) in [6.07, 6.45) is -13.1. The van der Waals surface area contributed by atoms with Crippen LogP contribution >= 0.6 is 0 Å². The summed E-state index contributed by atoms with van der Waals surface area (Å²) in [5.41, 5.74) is -3.48. The van der Waals surface area contributed by atoms with Gasteiger partial charge < -0.3 is 0 Å². The molecule has 0 fully saturated rings. The van der Waals surface area contributed by atoms with Gasteiger partial charge in [0, 0.05) is 22.3 Å². The average Bonchev–Trinajstić information content (AvgIpc) is 3.11. The molecule has 0 N–H and O–H groups in total. The number of benzene rings is 5. The van der Waals surface area contributed by atoms with Crippen molar-refractivity contribution in [3.63, 3.8) is 0 Å². The Balaban J connectivity index is 1.71. The topological polar surface area (TPSA) is 0 Å². The van der Waals surface area contributed by atoms with Crippen molar-refractivity contribution in [1.29, 1.82) is 0 Å². The Kier molecular flexibility index (Phi) is 11.2. The summed E-state index contributed by atoms with van der Waals surface area (Å²) in [7, 11) is 0. The van der Waals surface area contributed by atoms with E-state index in [2.05, 4.69) is 23.7 Å². The zero-order chi connectivity index (χ0) is 39.3. The standard InChI is InChI=1S/C42H22F12/c43-39(44,45)35-21-11-27(12-22-35)9-15-31-26-34(20-18-30-6-2-4-8-38(30)42(52,53)54)32(16-10-28-13-23-36(24-14-28)40(46,47)48)25-33(31)19-17-29-5-1-3-7-37(29)41(49,50)51/h1-16,21-26H/b15-9+,16-10+. The summed E-state index contributed by atoms with van der Waals surface area (Å²) in [5.74, 6) is 10.4. The molecule has 0 unspecified atom stereocenters. The summed E-state index contributed by atoms with van der Waals surface area (Å²) in [4.78, 5) is 0. The predicted molar refractivity (Wildman–Crippen MR) is 182 cm³/mol. The van der Waals surface area contributed by atoms with Gasteiger partial charge in [-0.3, -0.25) is 0 Å². The van der Waals surface area contributed by atoms with Crippen LogP contribution < -0.4 is 0 Å². The lowest BCUT2D eigenvalue weighted by atomic mass is 9.95. The van der Waals surface area contributed by atoms with Crippen molar-refractivity contribution in [3.8, 4) is 23.7 Å². The maximum Gasteiger partial charge on any atom is 0.417 e. The molecule has 5 aromatic rings. The Morgan fingerprint density at radius 2 is 0.648 bits per heavy atom. The van der Waals surface area contributed by atoms with Crippen LogP contribution in [0, 0.1) is 23.7 Å². The molecule has 0 heterocycles. The number of halogens is 12. The lowest BCUT2D eigenvalue weighted by Crippen LogP contribution is -2.07. The van der Waals surface area contributed by atoms with Gasteiger partial charge in [0.1, 0.15) is 0 Å². The van der Waals surface area contributed by atoms with Crippen molar-refractivity contribution in [2.75, 3.05) is 0 Å².